The molecule has 5 heteroatoms. The van der Waals surface area contributed by atoms with Crippen LogP contribution in [-0.2, 0) is 5.21 Å². The summed E-state index contributed by atoms with van der Waals surface area (Å²) in [5.74, 6) is 1.76. The molecule has 2 rings (SSSR count). The van der Waals surface area contributed by atoms with Crippen molar-refractivity contribution in [2.45, 2.75) is 44.7 Å². The van der Waals surface area contributed by atoms with Gasteiger partial charge in [-0.2, -0.15) is 0 Å². The van der Waals surface area contributed by atoms with Crippen LogP contribution in [0.2, 0.25) is 0 Å². The van der Waals surface area contributed by atoms with Gasteiger partial charge < -0.3 is 14.2 Å². The van der Waals surface area contributed by atoms with Gasteiger partial charge in [-0.15, -0.1) is 10.3 Å². The van der Waals surface area contributed by atoms with Crippen molar-refractivity contribution < 1.29 is 19.4 Å². The maximum atomic E-state index is 12.5. The first-order chi connectivity index (χ1) is 10.8. The van der Waals surface area contributed by atoms with Crippen LogP contribution in [0.3, 0.4) is 0 Å². The van der Waals surface area contributed by atoms with E-state index in [1.165, 1.54) is 5.06 Å². The van der Waals surface area contributed by atoms with E-state index in [1.54, 1.807) is 21.3 Å². The summed E-state index contributed by atoms with van der Waals surface area (Å²) in [5.41, 5.74) is 0.0805. The molecule has 1 aromatic carbocycles. The molecule has 23 heavy (non-hydrogen) atoms. The van der Waals surface area contributed by atoms with Crippen molar-refractivity contribution >= 4 is 6.08 Å². The van der Waals surface area contributed by atoms with Crippen molar-refractivity contribution in [1.82, 2.24) is 5.06 Å². The van der Waals surface area contributed by atoms with Crippen molar-refractivity contribution in [1.29, 1.82) is 0 Å². The quantitative estimate of drug-likeness (QED) is 0.830. The maximum absolute atomic E-state index is 12.5. The second kappa shape index (κ2) is 6.42. The van der Waals surface area contributed by atoms with E-state index < -0.39 is 5.54 Å². The first kappa shape index (κ1) is 17.6. The third kappa shape index (κ3) is 3.31. The molecule has 1 aliphatic heterocycles. The molecule has 1 fully saturated rings. The van der Waals surface area contributed by atoms with E-state index in [4.69, 9.17) is 14.2 Å². The molecule has 0 aromatic heterocycles. The van der Waals surface area contributed by atoms with Crippen molar-refractivity contribution in [3.8, 4) is 17.2 Å². The first-order valence-corrected chi connectivity index (χ1v) is 7.74. The summed E-state index contributed by atoms with van der Waals surface area (Å²) in [6.07, 6.45) is 5.63. The third-order valence-electron chi connectivity index (χ3n) is 4.58. The van der Waals surface area contributed by atoms with Crippen molar-refractivity contribution in [2.75, 3.05) is 21.3 Å². The zero-order valence-corrected chi connectivity index (χ0v) is 14.8. The van der Waals surface area contributed by atoms with Crippen LogP contribution in [0.25, 0.3) is 6.08 Å². The SMILES string of the molecule is COc1cc(/C=C/C2(C)CCC(C)(C)N2[O])cc(OC)c1OC. The minimum absolute atomic E-state index is 0.325. The average molecular weight is 320 g/mol. The monoisotopic (exact) mass is 320 g/mol. The van der Waals surface area contributed by atoms with E-state index in [2.05, 4.69) is 0 Å². The Morgan fingerprint density at radius 2 is 1.57 bits per heavy atom. The second-order valence-corrected chi connectivity index (χ2v) is 6.76. The maximum Gasteiger partial charge on any atom is 0.203 e. The summed E-state index contributed by atoms with van der Waals surface area (Å²) in [7, 11) is 4.75. The molecule has 1 unspecified atom stereocenters. The number of nitrogens with zero attached hydrogens (tertiary/aromatic N) is 1. The van der Waals surface area contributed by atoms with Gasteiger partial charge in [0.1, 0.15) is 0 Å². The smallest absolute Gasteiger partial charge is 0.203 e. The lowest BCUT2D eigenvalue weighted by Crippen LogP contribution is -2.45. The molecule has 0 aliphatic carbocycles. The van der Waals surface area contributed by atoms with E-state index in [1.807, 2.05) is 45.1 Å². The van der Waals surface area contributed by atoms with E-state index in [9.17, 15) is 5.21 Å². The third-order valence-corrected chi connectivity index (χ3v) is 4.58. The lowest BCUT2D eigenvalue weighted by atomic mass is 9.97. The highest BCUT2D eigenvalue weighted by molar-refractivity contribution is 5.62. The van der Waals surface area contributed by atoms with Crippen LogP contribution in [0.15, 0.2) is 18.2 Å². The van der Waals surface area contributed by atoms with Crippen LogP contribution in [-0.4, -0.2) is 37.5 Å². The fraction of sp³-hybridized carbons (Fsp3) is 0.556. The van der Waals surface area contributed by atoms with Gasteiger partial charge in [-0.05, 0) is 51.3 Å². The van der Waals surface area contributed by atoms with Gasteiger partial charge in [-0.3, -0.25) is 0 Å². The number of benzene rings is 1. The molecule has 0 N–H and O–H groups in total. The van der Waals surface area contributed by atoms with Gasteiger partial charge in [0.05, 0.1) is 26.9 Å². The molecule has 1 aliphatic rings. The van der Waals surface area contributed by atoms with E-state index in [0.717, 1.165) is 18.4 Å². The van der Waals surface area contributed by atoms with Crippen molar-refractivity contribution in [3.63, 3.8) is 0 Å². The van der Waals surface area contributed by atoms with Gasteiger partial charge in [0.2, 0.25) is 5.75 Å². The Kier molecular flexibility index (Phi) is 4.92. The summed E-state index contributed by atoms with van der Waals surface area (Å²) >= 11 is 0. The predicted octanol–water partition coefficient (Wildman–Crippen LogP) is 3.70. The Morgan fingerprint density at radius 1 is 1.00 bits per heavy atom. The molecule has 5 nitrogen and oxygen atoms in total. The summed E-state index contributed by atoms with van der Waals surface area (Å²) in [4.78, 5) is 0. The van der Waals surface area contributed by atoms with Crippen LogP contribution in [0, 0.1) is 0 Å². The van der Waals surface area contributed by atoms with Crippen LogP contribution < -0.4 is 14.2 Å². The minimum atomic E-state index is -0.496. The van der Waals surface area contributed by atoms with Crippen LogP contribution in [0.5, 0.6) is 17.2 Å². The molecular weight excluding hydrogens is 294 g/mol. The fourth-order valence-corrected chi connectivity index (χ4v) is 3.08. The summed E-state index contributed by atoms with van der Waals surface area (Å²) < 4.78 is 16.0. The normalized spacial score (nSPS) is 24.1. The van der Waals surface area contributed by atoms with Gasteiger partial charge in [-0.25, -0.2) is 0 Å². The topological polar surface area (TPSA) is 50.8 Å². The fourth-order valence-electron chi connectivity index (χ4n) is 3.08. The van der Waals surface area contributed by atoms with Crippen LogP contribution in [0.1, 0.15) is 39.2 Å². The largest absolute Gasteiger partial charge is 0.493 e. The average Bonchev–Trinajstić information content (AvgIpc) is 2.75. The molecular formula is C18H26NO4. The highest BCUT2D eigenvalue weighted by Crippen LogP contribution is 2.42. The lowest BCUT2D eigenvalue weighted by Gasteiger charge is -2.32. The molecule has 1 aromatic rings. The molecule has 0 bridgehead atoms. The van der Waals surface area contributed by atoms with Crippen molar-refractivity contribution in [2.24, 2.45) is 0 Å². The van der Waals surface area contributed by atoms with E-state index in [0.29, 0.717) is 17.2 Å². The van der Waals surface area contributed by atoms with Gasteiger partial charge in [0.25, 0.3) is 0 Å². The number of rotatable bonds is 5. The van der Waals surface area contributed by atoms with Crippen LogP contribution >= 0.6 is 0 Å². The zero-order chi connectivity index (χ0) is 17.3. The first-order valence-electron chi connectivity index (χ1n) is 7.74. The summed E-state index contributed by atoms with van der Waals surface area (Å²) in [6.45, 7) is 5.94. The van der Waals surface area contributed by atoms with Crippen LogP contribution in [0.4, 0.5) is 0 Å². The van der Waals surface area contributed by atoms with E-state index in [-0.39, 0.29) is 5.54 Å². The lowest BCUT2D eigenvalue weighted by molar-refractivity contribution is -0.236. The molecule has 0 spiro atoms. The van der Waals surface area contributed by atoms with Gasteiger partial charge >= 0.3 is 0 Å². The molecule has 1 radical (unpaired) electrons. The Morgan fingerprint density at radius 3 is 1.96 bits per heavy atom. The summed E-state index contributed by atoms with van der Waals surface area (Å²) in [6, 6.07) is 3.74. The molecule has 0 saturated carbocycles. The molecule has 1 heterocycles. The number of hydroxylamine groups is 2. The number of hydrogen-bond acceptors (Lipinski definition) is 4. The van der Waals surface area contributed by atoms with Gasteiger partial charge in [0, 0.05) is 5.54 Å². The van der Waals surface area contributed by atoms with Gasteiger partial charge in [-0.1, -0.05) is 12.2 Å². The summed E-state index contributed by atoms with van der Waals surface area (Å²) in [5, 5.41) is 13.7. The minimum Gasteiger partial charge on any atom is -0.493 e. The molecule has 127 valence electrons. The Labute approximate surface area is 138 Å². The highest BCUT2D eigenvalue weighted by atomic mass is 16.5. The predicted molar refractivity (Wildman–Crippen MR) is 89.4 cm³/mol. The number of hydrogen-bond donors (Lipinski definition) is 0. The van der Waals surface area contributed by atoms with Gasteiger partial charge in [0.15, 0.2) is 11.5 Å². The second-order valence-electron chi connectivity index (χ2n) is 6.76. The molecule has 1 atom stereocenters. The molecule has 1 saturated heterocycles. The number of methoxy groups -OCH3 is 3. The zero-order valence-electron chi connectivity index (χ0n) is 14.8. The number of ether oxygens (including phenoxy) is 3. The molecule has 0 amide bonds. The Hall–Kier alpha value is -1.72. The Bertz CT molecular complexity index is 572. The highest BCUT2D eigenvalue weighted by Gasteiger charge is 2.46. The van der Waals surface area contributed by atoms with E-state index >= 15 is 0 Å². The standard InChI is InChI=1S/C18H26NO4/c1-17(2)9-10-18(3,19(17)20)8-7-13-11-14(21-4)16(23-6)15(12-13)22-5/h7-8,11-12H,9-10H2,1-6H3/b8-7+. The Balaban J connectivity index is 2.33. The van der Waals surface area contributed by atoms with Crippen molar-refractivity contribution in [3.05, 3.63) is 23.8 Å².